The minimum absolute atomic E-state index is 0.0405. The highest BCUT2D eigenvalue weighted by Gasteiger charge is 2.22. The summed E-state index contributed by atoms with van der Waals surface area (Å²) in [6.07, 6.45) is 4.15. The third kappa shape index (κ3) is 5.95. The van der Waals surface area contributed by atoms with Gasteiger partial charge in [0.25, 0.3) is 10.1 Å². The molecule has 0 spiro atoms. The number of aryl methyl sites for hydroxylation is 2. The predicted molar refractivity (Wildman–Crippen MR) is 135 cm³/mol. The Balaban J connectivity index is 1.96. The van der Waals surface area contributed by atoms with Crippen molar-refractivity contribution in [2.45, 2.75) is 31.8 Å². The average molecular weight is 501 g/mol. The first-order chi connectivity index (χ1) is 16.2. The zero-order chi connectivity index (χ0) is 24.9. The molecule has 0 N–H and O–H groups in total. The van der Waals surface area contributed by atoms with Crippen LogP contribution in [0.25, 0.3) is 17.2 Å². The van der Waals surface area contributed by atoms with Crippen molar-refractivity contribution in [2.24, 2.45) is 0 Å². The fraction of sp³-hybridized carbons (Fsp3) is 0.185. The highest BCUT2D eigenvalue weighted by molar-refractivity contribution is 7.86. The summed E-state index contributed by atoms with van der Waals surface area (Å²) in [5.41, 5.74) is 3.18. The Morgan fingerprint density at radius 1 is 1.09 bits per heavy atom. The van der Waals surface area contributed by atoms with Crippen LogP contribution in [0.1, 0.15) is 23.6 Å². The number of halogens is 2. The minimum Gasteiger partial charge on any atom is -0.483 e. The van der Waals surface area contributed by atoms with Crippen LogP contribution in [0.15, 0.2) is 78.2 Å². The van der Waals surface area contributed by atoms with Gasteiger partial charge in [-0.1, -0.05) is 54.1 Å². The molecule has 0 saturated carbocycles. The van der Waals surface area contributed by atoms with E-state index >= 15 is 4.39 Å². The summed E-state index contributed by atoms with van der Waals surface area (Å²) in [5.74, 6) is -0.227. The molecular weight excluding hydrogens is 475 g/mol. The standard InChI is InChI=1S/C27H26ClFO4S/c1-5-7-20-10-15-25(29)26(24-14-11-21(28)16-19(24)4)27(20)33-22(6-2)17-32-34(30,31)23-12-8-18(3)9-13-23/h5-16,22H,2,17H2,1,3-4H3/b7-5-/t22-/m1/s1. The Bertz CT molecular complexity index is 1320. The van der Waals surface area contributed by atoms with Gasteiger partial charge in [-0.3, -0.25) is 4.18 Å². The lowest BCUT2D eigenvalue weighted by Crippen LogP contribution is -2.23. The number of hydrogen-bond donors (Lipinski definition) is 0. The van der Waals surface area contributed by atoms with Crippen molar-refractivity contribution in [2.75, 3.05) is 6.61 Å². The van der Waals surface area contributed by atoms with E-state index in [0.717, 1.165) is 11.1 Å². The van der Waals surface area contributed by atoms with Gasteiger partial charge in [0.05, 0.1) is 10.5 Å². The number of rotatable bonds is 9. The first kappa shape index (κ1) is 25.7. The van der Waals surface area contributed by atoms with Crippen LogP contribution in [-0.4, -0.2) is 21.1 Å². The predicted octanol–water partition coefficient (Wildman–Crippen LogP) is 7.13. The molecule has 0 aromatic heterocycles. The van der Waals surface area contributed by atoms with Gasteiger partial charge < -0.3 is 4.74 Å². The maximum Gasteiger partial charge on any atom is 0.297 e. The Labute approximate surface area is 205 Å². The molecule has 0 heterocycles. The number of benzene rings is 3. The maximum atomic E-state index is 15.1. The molecule has 0 unspecified atom stereocenters. The monoisotopic (exact) mass is 500 g/mol. The first-order valence-electron chi connectivity index (χ1n) is 10.6. The van der Waals surface area contributed by atoms with Gasteiger partial charge in [-0.15, -0.1) is 0 Å². The van der Waals surface area contributed by atoms with Crippen molar-refractivity contribution >= 4 is 27.8 Å². The molecule has 3 aromatic rings. The van der Waals surface area contributed by atoms with Crippen molar-refractivity contribution < 1.29 is 21.7 Å². The molecule has 1 atom stereocenters. The zero-order valence-corrected chi connectivity index (χ0v) is 20.8. The Hall–Kier alpha value is -2.93. The average Bonchev–Trinajstić information content (AvgIpc) is 2.79. The molecule has 3 rings (SSSR count). The van der Waals surface area contributed by atoms with Crippen LogP contribution < -0.4 is 4.74 Å². The Morgan fingerprint density at radius 2 is 1.79 bits per heavy atom. The summed E-state index contributed by atoms with van der Waals surface area (Å²) in [6.45, 7) is 8.94. The lowest BCUT2D eigenvalue weighted by atomic mass is 9.96. The molecule has 0 fully saturated rings. The van der Waals surface area contributed by atoms with E-state index in [4.69, 9.17) is 20.5 Å². The van der Waals surface area contributed by atoms with E-state index in [1.54, 1.807) is 48.6 Å². The van der Waals surface area contributed by atoms with Crippen molar-refractivity contribution in [3.05, 3.63) is 101 Å². The molecule has 34 heavy (non-hydrogen) atoms. The lowest BCUT2D eigenvalue weighted by molar-refractivity contribution is 0.168. The quantitative estimate of drug-likeness (QED) is 0.231. The number of allylic oxidation sites excluding steroid dienone is 1. The van der Waals surface area contributed by atoms with Crippen molar-refractivity contribution in [1.82, 2.24) is 0 Å². The van der Waals surface area contributed by atoms with Gasteiger partial charge in [0.15, 0.2) is 0 Å². The second kappa shape index (κ2) is 11.0. The topological polar surface area (TPSA) is 52.6 Å². The maximum absolute atomic E-state index is 15.1. The van der Waals surface area contributed by atoms with Gasteiger partial charge in [0.1, 0.15) is 24.3 Å². The van der Waals surface area contributed by atoms with Gasteiger partial charge in [0, 0.05) is 10.6 Å². The highest BCUT2D eigenvalue weighted by atomic mass is 35.5. The van der Waals surface area contributed by atoms with Crippen LogP contribution in [0.2, 0.25) is 5.02 Å². The molecule has 4 nitrogen and oxygen atoms in total. The molecule has 0 amide bonds. The van der Waals surface area contributed by atoms with E-state index in [9.17, 15) is 8.42 Å². The van der Waals surface area contributed by atoms with Gasteiger partial charge in [-0.2, -0.15) is 8.42 Å². The van der Waals surface area contributed by atoms with Crippen LogP contribution in [0.4, 0.5) is 4.39 Å². The molecule has 0 radical (unpaired) electrons. The second-order valence-electron chi connectivity index (χ2n) is 7.74. The first-order valence-corrected chi connectivity index (χ1v) is 12.4. The van der Waals surface area contributed by atoms with Crippen molar-refractivity contribution in [1.29, 1.82) is 0 Å². The van der Waals surface area contributed by atoms with Crippen LogP contribution in [0.5, 0.6) is 5.75 Å². The highest BCUT2D eigenvalue weighted by Crippen LogP contribution is 2.39. The molecule has 0 bridgehead atoms. The van der Waals surface area contributed by atoms with Gasteiger partial charge in [0.2, 0.25) is 0 Å². The van der Waals surface area contributed by atoms with Gasteiger partial charge >= 0.3 is 0 Å². The number of ether oxygens (including phenoxy) is 1. The van der Waals surface area contributed by atoms with E-state index in [2.05, 4.69) is 6.58 Å². The summed E-state index contributed by atoms with van der Waals surface area (Å²) < 4.78 is 51.7. The normalized spacial score (nSPS) is 12.6. The smallest absolute Gasteiger partial charge is 0.297 e. The third-order valence-corrected chi connectivity index (χ3v) is 6.70. The summed E-state index contributed by atoms with van der Waals surface area (Å²) in [5, 5.41) is 0.535. The summed E-state index contributed by atoms with van der Waals surface area (Å²) in [6, 6.07) is 14.4. The largest absolute Gasteiger partial charge is 0.483 e. The fourth-order valence-electron chi connectivity index (χ4n) is 3.40. The van der Waals surface area contributed by atoms with E-state index in [-0.39, 0.29) is 22.8 Å². The van der Waals surface area contributed by atoms with Gasteiger partial charge in [-0.25, -0.2) is 4.39 Å². The SMILES string of the molecule is C=C[C@H](COS(=O)(=O)c1ccc(C)cc1)Oc1c(/C=C\C)ccc(F)c1-c1ccc(Cl)cc1C. The molecule has 0 aliphatic heterocycles. The lowest BCUT2D eigenvalue weighted by Gasteiger charge is -2.21. The summed E-state index contributed by atoms with van der Waals surface area (Å²) in [7, 11) is -4.01. The summed E-state index contributed by atoms with van der Waals surface area (Å²) in [4.78, 5) is 0.0405. The Morgan fingerprint density at radius 3 is 2.41 bits per heavy atom. The van der Waals surface area contributed by atoms with Crippen molar-refractivity contribution in [3.8, 4) is 16.9 Å². The van der Waals surface area contributed by atoms with Crippen LogP contribution in [0, 0.1) is 19.7 Å². The van der Waals surface area contributed by atoms with Crippen LogP contribution in [0.3, 0.4) is 0 Å². The van der Waals surface area contributed by atoms with E-state index in [0.29, 0.717) is 16.1 Å². The molecular formula is C27H26ClFO4S. The van der Waals surface area contributed by atoms with Crippen LogP contribution in [-0.2, 0) is 14.3 Å². The van der Waals surface area contributed by atoms with E-state index in [1.165, 1.54) is 24.3 Å². The van der Waals surface area contributed by atoms with E-state index in [1.807, 2.05) is 20.8 Å². The fourth-order valence-corrected chi connectivity index (χ4v) is 4.55. The van der Waals surface area contributed by atoms with Crippen molar-refractivity contribution in [3.63, 3.8) is 0 Å². The molecule has 7 heteroatoms. The minimum atomic E-state index is -4.01. The molecule has 3 aromatic carbocycles. The van der Waals surface area contributed by atoms with Gasteiger partial charge in [-0.05, 0) is 74.4 Å². The number of hydrogen-bond acceptors (Lipinski definition) is 4. The van der Waals surface area contributed by atoms with E-state index < -0.39 is 22.0 Å². The summed E-state index contributed by atoms with van der Waals surface area (Å²) >= 11 is 6.09. The third-order valence-electron chi connectivity index (χ3n) is 5.17. The molecule has 0 saturated heterocycles. The second-order valence-corrected chi connectivity index (χ2v) is 9.80. The molecule has 0 aliphatic carbocycles. The molecule has 0 aliphatic rings. The van der Waals surface area contributed by atoms with Crippen LogP contribution >= 0.6 is 11.6 Å². The zero-order valence-electron chi connectivity index (χ0n) is 19.2. The molecule has 178 valence electrons. The Kier molecular flexibility index (Phi) is 8.31.